The molecule has 0 aliphatic rings. The first-order chi connectivity index (χ1) is 7.02. The summed E-state index contributed by atoms with van der Waals surface area (Å²) in [5.41, 5.74) is 0. The lowest BCUT2D eigenvalue weighted by molar-refractivity contribution is -0.146. The van der Waals surface area contributed by atoms with Gasteiger partial charge >= 0.3 is 11.9 Å². The molecule has 0 aromatic carbocycles. The third-order valence-corrected chi connectivity index (χ3v) is 1.93. The Labute approximate surface area is 90.9 Å². The number of hydrogen-bond acceptors (Lipinski definition) is 4. The van der Waals surface area contributed by atoms with Gasteiger partial charge in [0.15, 0.2) is 0 Å². The van der Waals surface area contributed by atoms with Gasteiger partial charge in [0.05, 0.1) is 12.7 Å². The van der Waals surface area contributed by atoms with Gasteiger partial charge in [0.2, 0.25) is 0 Å². The Morgan fingerprint density at radius 3 is 2.27 bits per heavy atom. The van der Waals surface area contributed by atoms with E-state index in [4.69, 9.17) is 9.47 Å². The van der Waals surface area contributed by atoms with E-state index in [1.54, 1.807) is 0 Å². The van der Waals surface area contributed by atoms with Crippen molar-refractivity contribution < 1.29 is 19.1 Å². The van der Waals surface area contributed by atoms with Crippen molar-refractivity contribution >= 4 is 11.9 Å². The van der Waals surface area contributed by atoms with Gasteiger partial charge in [-0.15, -0.1) is 0 Å². The zero-order valence-corrected chi connectivity index (χ0v) is 9.75. The molecule has 4 nitrogen and oxygen atoms in total. The fourth-order valence-corrected chi connectivity index (χ4v) is 1.27. The molecule has 0 aliphatic heterocycles. The summed E-state index contributed by atoms with van der Waals surface area (Å²) in [5, 5.41) is 0. The quantitative estimate of drug-likeness (QED) is 0.483. The van der Waals surface area contributed by atoms with E-state index in [1.165, 1.54) is 13.8 Å². The minimum Gasteiger partial charge on any atom is -0.466 e. The van der Waals surface area contributed by atoms with E-state index in [1.807, 2.05) is 6.92 Å². The monoisotopic (exact) mass is 216 g/mol. The maximum Gasteiger partial charge on any atom is 0.302 e. The molecule has 0 spiro atoms. The van der Waals surface area contributed by atoms with Crippen molar-refractivity contribution in [2.75, 3.05) is 6.61 Å². The fraction of sp³-hybridized carbons (Fsp3) is 0.818. The molecule has 0 aromatic rings. The summed E-state index contributed by atoms with van der Waals surface area (Å²) in [6.45, 7) is 5.19. The van der Waals surface area contributed by atoms with Crippen LogP contribution in [0, 0.1) is 0 Å². The van der Waals surface area contributed by atoms with Crippen molar-refractivity contribution in [3.05, 3.63) is 0 Å². The summed E-state index contributed by atoms with van der Waals surface area (Å²) in [4.78, 5) is 21.0. The van der Waals surface area contributed by atoms with Gasteiger partial charge in [-0.25, -0.2) is 0 Å². The Hall–Kier alpha value is -1.06. The molecule has 0 bridgehead atoms. The van der Waals surface area contributed by atoms with Crippen molar-refractivity contribution in [1.82, 2.24) is 0 Å². The van der Waals surface area contributed by atoms with Gasteiger partial charge in [0, 0.05) is 13.8 Å². The van der Waals surface area contributed by atoms with Crippen LogP contribution in [-0.4, -0.2) is 24.6 Å². The van der Waals surface area contributed by atoms with Crippen molar-refractivity contribution in [2.45, 2.75) is 52.6 Å². The Balaban J connectivity index is 3.23. The van der Waals surface area contributed by atoms with Crippen molar-refractivity contribution in [3.8, 4) is 0 Å². The Morgan fingerprint density at radius 2 is 1.73 bits per heavy atom. The molecule has 0 radical (unpaired) electrons. The molecule has 4 heteroatoms. The van der Waals surface area contributed by atoms with Crippen molar-refractivity contribution in [3.63, 3.8) is 0 Å². The van der Waals surface area contributed by atoms with Crippen LogP contribution in [0.5, 0.6) is 0 Å². The molecule has 0 heterocycles. The van der Waals surface area contributed by atoms with Crippen LogP contribution in [0.2, 0.25) is 0 Å². The highest BCUT2D eigenvalue weighted by atomic mass is 16.5. The molecule has 15 heavy (non-hydrogen) atoms. The molecular weight excluding hydrogens is 196 g/mol. The Morgan fingerprint density at radius 1 is 1.07 bits per heavy atom. The van der Waals surface area contributed by atoms with Crippen LogP contribution in [0.25, 0.3) is 0 Å². The average Bonchev–Trinajstić information content (AvgIpc) is 2.09. The molecule has 88 valence electrons. The summed E-state index contributed by atoms with van der Waals surface area (Å²) >= 11 is 0. The molecule has 0 fully saturated rings. The zero-order chi connectivity index (χ0) is 11.7. The molecule has 0 aliphatic carbocycles. The number of esters is 2. The first-order valence-corrected chi connectivity index (χ1v) is 5.33. The number of carbonyl (C=O) groups excluding carboxylic acids is 2. The minimum atomic E-state index is -0.234. The number of unbranched alkanes of at least 4 members (excludes halogenated alkanes) is 2. The molecular formula is C11H20O4. The number of carbonyl (C=O) groups is 2. The van der Waals surface area contributed by atoms with Crippen molar-refractivity contribution in [2.24, 2.45) is 0 Å². The van der Waals surface area contributed by atoms with E-state index < -0.39 is 0 Å². The summed E-state index contributed by atoms with van der Waals surface area (Å²) in [6, 6.07) is 0. The van der Waals surface area contributed by atoms with Crippen LogP contribution >= 0.6 is 0 Å². The zero-order valence-electron chi connectivity index (χ0n) is 9.75. The third kappa shape index (κ3) is 10.9. The van der Waals surface area contributed by atoms with Crippen LogP contribution in [0.4, 0.5) is 0 Å². The van der Waals surface area contributed by atoms with E-state index in [9.17, 15) is 9.59 Å². The van der Waals surface area contributed by atoms with Crippen LogP contribution in [0.15, 0.2) is 0 Å². The molecule has 0 rings (SSSR count). The number of ether oxygens (including phenoxy) is 2. The van der Waals surface area contributed by atoms with Crippen LogP contribution in [-0.2, 0) is 19.1 Å². The van der Waals surface area contributed by atoms with Crippen LogP contribution in [0.3, 0.4) is 0 Å². The maximum absolute atomic E-state index is 10.6. The SMILES string of the molecule is CC(=O)OCCCCCC(C)OC(C)=O. The molecule has 0 saturated carbocycles. The summed E-state index contributed by atoms with van der Waals surface area (Å²) < 4.78 is 9.76. The Kier molecular flexibility index (Phi) is 7.68. The summed E-state index contributed by atoms with van der Waals surface area (Å²) in [7, 11) is 0. The molecule has 1 unspecified atom stereocenters. The second-order valence-electron chi connectivity index (χ2n) is 3.61. The van der Waals surface area contributed by atoms with Gasteiger partial charge in [0.1, 0.15) is 0 Å². The molecule has 0 amide bonds. The predicted molar refractivity (Wildman–Crippen MR) is 56.3 cm³/mol. The summed E-state index contributed by atoms with van der Waals surface area (Å²) in [5.74, 6) is -0.467. The lowest BCUT2D eigenvalue weighted by atomic mass is 10.1. The molecule has 0 saturated heterocycles. The molecule has 1 atom stereocenters. The number of rotatable bonds is 7. The second kappa shape index (κ2) is 8.26. The van der Waals surface area contributed by atoms with Crippen LogP contribution in [0.1, 0.15) is 46.5 Å². The van der Waals surface area contributed by atoms with Gasteiger partial charge in [-0.1, -0.05) is 0 Å². The highest BCUT2D eigenvalue weighted by Crippen LogP contribution is 2.06. The highest BCUT2D eigenvalue weighted by molar-refractivity contribution is 5.66. The third-order valence-electron chi connectivity index (χ3n) is 1.93. The van der Waals surface area contributed by atoms with E-state index in [0.29, 0.717) is 6.61 Å². The normalized spacial score (nSPS) is 11.9. The van der Waals surface area contributed by atoms with Gasteiger partial charge in [-0.2, -0.15) is 0 Å². The van der Waals surface area contributed by atoms with Crippen molar-refractivity contribution in [1.29, 1.82) is 0 Å². The van der Waals surface area contributed by atoms with Gasteiger partial charge < -0.3 is 9.47 Å². The lowest BCUT2D eigenvalue weighted by Gasteiger charge is -2.10. The molecule has 0 aromatic heterocycles. The largest absolute Gasteiger partial charge is 0.466 e. The molecule has 0 N–H and O–H groups in total. The van der Waals surface area contributed by atoms with E-state index in [0.717, 1.165) is 25.7 Å². The van der Waals surface area contributed by atoms with E-state index >= 15 is 0 Å². The smallest absolute Gasteiger partial charge is 0.302 e. The minimum absolute atomic E-state index is 0.0174. The van der Waals surface area contributed by atoms with E-state index in [-0.39, 0.29) is 18.0 Å². The van der Waals surface area contributed by atoms with E-state index in [2.05, 4.69) is 0 Å². The van der Waals surface area contributed by atoms with Gasteiger partial charge in [-0.3, -0.25) is 9.59 Å². The predicted octanol–water partition coefficient (Wildman–Crippen LogP) is 2.06. The van der Waals surface area contributed by atoms with Gasteiger partial charge in [0.25, 0.3) is 0 Å². The maximum atomic E-state index is 10.6. The Bertz CT molecular complexity index is 201. The second-order valence-corrected chi connectivity index (χ2v) is 3.61. The topological polar surface area (TPSA) is 52.6 Å². The first kappa shape index (κ1) is 13.9. The van der Waals surface area contributed by atoms with Gasteiger partial charge in [-0.05, 0) is 32.6 Å². The number of hydrogen-bond donors (Lipinski definition) is 0. The summed E-state index contributed by atoms with van der Waals surface area (Å²) in [6.07, 6.45) is 3.68. The average molecular weight is 216 g/mol. The lowest BCUT2D eigenvalue weighted by Crippen LogP contribution is -2.11. The van der Waals surface area contributed by atoms with Crippen LogP contribution < -0.4 is 0 Å². The first-order valence-electron chi connectivity index (χ1n) is 5.33. The standard InChI is InChI=1S/C11H20O4/c1-9(15-11(3)13)7-5-4-6-8-14-10(2)12/h9H,4-8H2,1-3H3. The highest BCUT2D eigenvalue weighted by Gasteiger charge is 2.04. The fourth-order valence-electron chi connectivity index (χ4n) is 1.27.